The number of hydrogen-bond acceptors (Lipinski definition) is 4. The van der Waals surface area contributed by atoms with Crippen LogP contribution in [0.3, 0.4) is 0 Å². The maximum atomic E-state index is 11.8. The first-order chi connectivity index (χ1) is 8.69. The average molecular weight is 268 g/mol. The standard InChI is InChI=1S/C14H24N2O3/c1-7-14(6,8-2)18-11-9-10-16(15-11)12(17)19-13(3,4)5/h9-10H,7-8H2,1-6H3. The summed E-state index contributed by atoms with van der Waals surface area (Å²) in [5, 5.41) is 4.10. The van der Waals surface area contributed by atoms with Gasteiger partial charge in [0.15, 0.2) is 0 Å². The van der Waals surface area contributed by atoms with Gasteiger partial charge in [0, 0.05) is 12.3 Å². The molecule has 0 aromatic carbocycles. The fraction of sp³-hybridized carbons (Fsp3) is 0.714. The number of rotatable bonds is 4. The summed E-state index contributed by atoms with van der Waals surface area (Å²) in [6, 6.07) is 1.67. The predicted molar refractivity (Wildman–Crippen MR) is 73.5 cm³/mol. The van der Waals surface area contributed by atoms with Crippen molar-refractivity contribution < 1.29 is 14.3 Å². The van der Waals surface area contributed by atoms with E-state index < -0.39 is 11.7 Å². The molecular formula is C14H24N2O3. The van der Waals surface area contributed by atoms with Gasteiger partial charge in [0.05, 0.1) is 0 Å². The van der Waals surface area contributed by atoms with E-state index in [2.05, 4.69) is 18.9 Å². The van der Waals surface area contributed by atoms with Crippen molar-refractivity contribution in [3.8, 4) is 5.88 Å². The molecule has 0 spiro atoms. The van der Waals surface area contributed by atoms with Crippen LogP contribution in [0.5, 0.6) is 5.88 Å². The third-order valence-corrected chi connectivity index (χ3v) is 2.99. The second-order valence-corrected chi connectivity index (χ2v) is 5.84. The quantitative estimate of drug-likeness (QED) is 0.836. The van der Waals surface area contributed by atoms with E-state index >= 15 is 0 Å². The highest BCUT2D eigenvalue weighted by Gasteiger charge is 2.24. The molecule has 1 rings (SSSR count). The number of carbonyl (C=O) groups is 1. The molecule has 0 aliphatic heterocycles. The molecule has 0 amide bonds. The topological polar surface area (TPSA) is 53.4 Å². The van der Waals surface area contributed by atoms with Gasteiger partial charge >= 0.3 is 6.09 Å². The normalized spacial score (nSPS) is 12.3. The fourth-order valence-electron chi connectivity index (χ4n) is 1.42. The summed E-state index contributed by atoms with van der Waals surface area (Å²) in [5.41, 5.74) is -0.793. The molecule has 0 aliphatic carbocycles. The molecule has 108 valence electrons. The molecular weight excluding hydrogens is 244 g/mol. The van der Waals surface area contributed by atoms with Crippen molar-refractivity contribution >= 4 is 6.09 Å². The van der Waals surface area contributed by atoms with E-state index in [-0.39, 0.29) is 5.60 Å². The minimum absolute atomic E-state index is 0.257. The maximum absolute atomic E-state index is 11.8. The zero-order valence-corrected chi connectivity index (χ0v) is 12.7. The van der Waals surface area contributed by atoms with Crippen molar-refractivity contribution in [1.29, 1.82) is 0 Å². The molecule has 1 aromatic heterocycles. The summed E-state index contributed by atoms with van der Waals surface area (Å²) in [5.74, 6) is 0.442. The van der Waals surface area contributed by atoms with Gasteiger partial charge in [0.1, 0.15) is 11.2 Å². The molecule has 0 fully saturated rings. The smallest absolute Gasteiger partial charge is 0.435 e. The van der Waals surface area contributed by atoms with Crippen LogP contribution in [0.1, 0.15) is 54.4 Å². The van der Waals surface area contributed by atoms with Crippen LogP contribution in [0.4, 0.5) is 4.79 Å². The summed E-state index contributed by atoms with van der Waals surface area (Å²) in [4.78, 5) is 11.8. The van der Waals surface area contributed by atoms with Gasteiger partial charge in [-0.05, 0) is 40.5 Å². The Balaban J connectivity index is 2.75. The summed E-state index contributed by atoms with van der Waals surface area (Å²) in [7, 11) is 0. The first kappa shape index (κ1) is 15.5. The molecule has 0 N–H and O–H groups in total. The number of carbonyl (C=O) groups excluding carboxylic acids is 1. The van der Waals surface area contributed by atoms with Crippen LogP contribution in [0, 0.1) is 0 Å². The first-order valence-electron chi connectivity index (χ1n) is 6.67. The second kappa shape index (κ2) is 5.63. The average Bonchev–Trinajstić information content (AvgIpc) is 2.75. The zero-order valence-electron chi connectivity index (χ0n) is 12.7. The number of hydrogen-bond donors (Lipinski definition) is 0. The second-order valence-electron chi connectivity index (χ2n) is 5.84. The lowest BCUT2D eigenvalue weighted by molar-refractivity contribution is 0.0490. The van der Waals surface area contributed by atoms with Gasteiger partial charge in [0.2, 0.25) is 5.88 Å². The third-order valence-electron chi connectivity index (χ3n) is 2.99. The van der Waals surface area contributed by atoms with Gasteiger partial charge in [-0.3, -0.25) is 0 Å². The van der Waals surface area contributed by atoms with Crippen LogP contribution >= 0.6 is 0 Å². The lowest BCUT2D eigenvalue weighted by Crippen LogP contribution is -2.31. The Morgan fingerprint density at radius 1 is 1.26 bits per heavy atom. The monoisotopic (exact) mass is 268 g/mol. The van der Waals surface area contributed by atoms with E-state index in [1.807, 2.05) is 27.7 Å². The van der Waals surface area contributed by atoms with Gasteiger partial charge in [-0.1, -0.05) is 13.8 Å². The number of aromatic nitrogens is 2. The molecule has 0 saturated heterocycles. The predicted octanol–water partition coefficient (Wildman–Crippen LogP) is 3.62. The van der Waals surface area contributed by atoms with Gasteiger partial charge in [-0.25, -0.2) is 4.79 Å². The van der Waals surface area contributed by atoms with Crippen LogP contribution < -0.4 is 4.74 Å². The van der Waals surface area contributed by atoms with Crippen LogP contribution in [0.25, 0.3) is 0 Å². The Labute approximate surface area is 114 Å². The Kier molecular flexibility index (Phi) is 4.61. The minimum atomic E-state index is -0.536. The molecule has 0 radical (unpaired) electrons. The van der Waals surface area contributed by atoms with Crippen molar-refractivity contribution in [2.75, 3.05) is 0 Å². The summed E-state index contributed by atoms with van der Waals surface area (Å²) in [6.07, 6.45) is 2.80. The molecule has 0 unspecified atom stereocenters. The fourth-order valence-corrected chi connectivity index (χ4v) is 1.42. The molecule has 0 aliphatic rings. The van der Waals surface area contributed by atoms with Gasteiger partial charge in [0.25, 0.3) is 0 Å². The van der Waals surface area contributed by atoms with Crippen LogP contribution in [-0.2, 0) is 4.74 Å². The Bertz CT molecular complexity index is 428. The van der Waals surface area contributed by atoms with E-state index in [0.29, 0.717) is 5.88 Å². The van der Waals surface area contributed by atoms with Crippen LogP contribution in [0.2, 0.25) is 0 Å². The summed E-state index contributed by atoms with van der Waals surface area (Å²) >= 11 is 0. The molecule has 0 atom stereocenters. The molecule has 1 aromatic rings. The first-order valence-corrected chi connectivity index (χ1v) is 6.67. The molecule has 0 saturated carbocycles. The van der Waals surface area contributed by atoms with Crippen LogP contribution in [0.15, 0.2) is 12.3 Å². The molecule has 19 heavy (non-hydrogen) atoms. The lowest BCUT2D eigenvalue weighted by atomic mass is 10.0. The largest absolute Gasteiger partial charge is 0.470 e. The van der Waals surface area contributed by atoms with Crippen LogP contribution in [-0.4, -0.2) is 27.1 Å². The van der Waals surface area contributed by atoms with Gasteiger partial charge in [-0.15, -0.1) is 5.10 Å². The Hall–Kier alpha value is -1.52. The Morgan fingerprint density at radius 3 is 2.32 bits per heavy atom. The SMILES string of the molecule is CCC(C)(CC)Oc1ccn(C(=O)OC(C)(C)C)n1. The minimum Gasteiger partial charge on any atom is -0.470 e. The highest BCUT2D eigenvalue weighted by Crippen LogP contribution is 2.22. The van der Waals surface area contributed by atoms with Crippen molar-refractivity contribution in [2.24, 2.45) is 0 Å². The highest BCUT2D eigenvalue weighted by atomic mass is 16.6. The van der Waals surface area contributed by atoms with E-state index in [0.717, 1.165) is 17.5 Å². The summed E-state index contributed by atoms with van der Waals surface area (Å²) < 4.78 is 12.2. The van der Waals surface area contributed by atoms with Crippen molar-refractivity contribution in [3.63, 3.8) is 0 Å². The maximum Gasteiger partial charge on any atom is 0.435 e. The van der Waals surface area contributed by atoms with Crippen molar-refractivity contribution in [1.82, 2.24) is 9.78 Å². The summed E-state index contributed by atoms with van der Waals surface area (Å²) in [6.45, 7) is 11.6. The zero-order chi connectivity index (χ0) is 14.7. The van der Waals surface area contributed by atoms with E-state index in [1.54, 1.807) is 12.3 Å². The van der Waals surface area contributed by atoms with Gasteiger partial charge < -0.3 is 9.47 Å². The molecule has 5 nitrogen and oxygen atoms in total. The van der Waals surface area contributed by atoms with Gasteiger partial charge in [-0.2, -0.15) is 4.68 Å². The molecule has 5 heteroatoms. The number of ether oxygens (including phenoxy) is 2. The molecule has 1 heterocycles. The highest BCUT2D eigenvalue weighted by molar-refractivity contribution is 5.69. The van der Waals surface area contributed by atoms with Crippen molar-refractivity contribution in [3.05, 3.63) is 12.3 Å². The number of nitrogens with zero attached hydrogens (tertiary/aromatic N) is 2. The lowest BCUT2D eigenvalue weighted by Gasteiger charge is -2.26. The third kappa shape index (κ3) is 4.58. The van der Waals surface area contributed by atoms with E-state index in [4.69, 9.17) is 9.47 Å². The van der Waals surface area contributed by atoms with E-state index in [9.17, 15) is 4.79 Å². The molecule has 0 bridgehead atoms. The Morgan fingerprint density at radius 2 is 1.84 bits per heavy atom. The van der Waals surface area contributed by atoms with E-state index in [1.165, 1.54) is 0 Å². The van der Waals surface area contributed by atoms with Crippen molar-refractivity contribution in [2.45, 2.75) is 65.6 Å².